The molecule has 2 aromatic heterocycles. The molecule has 0 aromatic carbocycles. The number of anilines is 2. The van der Waals surface area contributed by atoms with Crippen molar-refractivity contribution < 1.29 is 4.79 Å². The number of amides is 1. The third-order valence-corrected chi connectivity index (χ3v) is 8.75. The zero-order valence-corrected chi connectivity index (χ0v) is 20.4. The van der Waals surface area contributed by atoms with E-state index in [1.807, 2.05) is 22.0 Å². The molecule has 4 heterocycles. The van der Waals surface area contributed by atoms with Crippen molar-refractivity contribution in [2.24, 2.45) is 0 Å². The number of nitrogens with one attached hydrogen (secondary N) is 1. The van der Waals surface area contributed by atoms with Gasteiger partial charge in [-0.1, -0.05) is 12.8 Å². The van der Waals surface area contributed by atoms with Gasteiger partial charge in [-0.05, 0) is 64.3 Å². The first-order valence-corrected chi connectivity index (χ1v) is 13.3. The van der Waals surface area contributed by atoms with Gasteiger partial charge in [-0.25, -0.2) is 9.29 Å². The summed E-state index contributed by atoms with van der Waals surface area (Å²) in [6.07, 6.45) is 14.6. The largest absolute Gasteiger partial charge is 0.351 e. The summed E-state index contributed by atoms with van der Waals surface area (Å²) in [7, 11) is 0. The zero-order chi connectivity index (χ0) is 22.6. The molecule has 1 N–H and O–H groups in total. The average molecular weight is 468 g/mol. The summed E-state index contributed by atoms with van der Waals surface area (Å²) < 4.78 is 4.42. The van der Waals surface area contributed by atoms with Gasteiger partial charge in [0.1, 0.15) is 5.82 Å². The second kappa shape index (κ2) is 8.27. The van der Waals surface area contributed by atoms with Crippen LogP contribution in [0.1, 0.15) is 76.8 Å². The Morgan fingerprint density at radius 1 is 1.12 bits per heavy atom. The van der Waals surface area contributed by atoms with Crippen LogP contribution in [0.4, 0.5) is 11.8 Å². The molecule has 33 heavy (non-hydrogen) atoms. The lowest BCUT2D eigenvalue weighted by Gasteiger charge is -2.31. The minimum absolute atomic E-state index is 0.280. The molecule has 0 radical (unpaired) electrons. The number of fused-ring (bicyclic) bond motifs is 2. The van der Waals surface area contributed by atoms with Crippen LogP contribution in [0.5, 0.6) is 0 Å². The molecule has 2 aromatic rings. The molecular formula is C24H33N7OS. The van der Waals surface area contributed by atoms with Crippen molar-refractivity contribution in [3.8, 4) is 0 Å². The molecule has 9 heteroatoms. The predicted octanol–water partition coefficient (Wildman–Crippen LogP) is 4.16. The summed E-state index contributed by atoms with van der Waals surface area (Å²) in [5, 5.41) is 8.02. The van der Waals surface area contributed by atoms with Gasteiger partial charge in [0.15, 0.2) is 0 Å². The highest BCUT2D eigenvalue weighted by atomic mass is 32.2. The Morgan fingerprint density at radius 2 is 1.88 bits per heavy atom. The van der Waals surface area contributed by atoms with E-state index in [1.54, 1.807) is 11.9 Å². The SMILES string of the molecule is CC(C)n1cc(SN2CCC(Nc3ncc4c(n3)N(C3CCCC3)C(=O)C43CC3)CC2)cn1. The fourth-order valence-electron chi connectivity index (χ4n) is 5.59. The van der Waals surface area contributed by atoms with Crippen LogP contribution in [0, 0.1) is 0 Å². The maximum Gasteiger partial charge on any atom is 0.239 e. The van der Waals surface area contributed by atoms with Crippen LogP contribution in [-0.2, 0) is 10.2 Å². The smallest absolute Gasteiger partial charge is 0.239 e. The zero-order valence-electron chi connectivity index (χ0n) is 19.5. The van der Waals surface area contributed by atoms with Gasteiger partial charge >= 0.3 is 0 Å². The van der Waals surface area contributed by atoms with E-state index >= 15 is 0 Å². The standard InChI is InChI=1S/C24H33N7OS/c1-16(2)30-15-19(13-26-30)33-29-11-7-17(8-12-29)27-23-25-14-20-21(28-23)31(18-5-3-4-6-18)22(32)24(20)9-10-24/h13-18H,3-12H2,1-2H3,(H,25,27,28). The molecule has 176 valence electrons. The van der Waals surface area contributed by atoms with Crippen LogP contribution < -0.4 is 10.2 Å². The number of hydrogen-bond donors (Lipinski definition) is 1. The molecule has 0 bridgehead atoms. The van der Waals surface area contributed by atoms with Crippen LogP contribution in [0.15, 0.2) is 23.5 Å². The molecule has 8 nitrogen and oxygen atoms in total. The van der Waals surface area contributed by atoms with E-state index in [2.05, 4.69) is 39.7 Å². The van der Waals surface area contributed by atoms with Gasteiger partial charge in [-0.2, -0.15) is 10.1 Å². The van der Waals surface area contributed by atoms with Gasteiger partial charge in [0, 0.05) is 49.2 Å². The van der Waals surface area contributed by atoms with E-state index in [-0.39, 0.29) is 11.3 Å². The fourth-order valence-corrected chi connectivity index (χ4v) is 6.53. The van der Waals surface area contributed by atoms with Gasteiger partial charge in [0.05, 0.1) is 16.5 Å². The maximum absolute atomic E-state index is 13.3. The Bertz CT molecular complexity index is 1040. The summed E-state index contributed by atoms with van der Waals surface area (Å²) in [6.45, 7) is 6.31. The van der Waals surface area contributed by atoms with Gasteiger partial charge < -0.3 is 5.32 Å². The molecule has 2 aliphatic carbocycles. The summed E-state index contributed by atoms with van der Waals surface area (Å²) in [5.74, 6) is 1.84. The highest BCUT2D eigenvalue weighted by Crippen LogP contribution is 2.57. The minimum atomic E-state index is -0.303. The Labute approximate surface area is 199 Å². The van der Waals surface area contributed by atoms with Crippen molar-refractivity contribution >= 4 is 29.6 Å². The Hall–Kier alpha value is -2.13. The molecule has 2 aliphatic heterocycles. The van der Waals surface area contributed by atoms with Gasteiger partial charge in [0.25, 0.3) is 0 Å². The summed E-state index contributed by atoms with van der Waals surface area (Å²) in [4.78, 5) is 26.1. The number of carbonyl (C=O) groups excluding carboxylic acids is 1. The number of rotatable bonds is 6. The fraction of sp³-hybridized carbons (Fsp3) is 0.667. The molecule has 4 aliphatic rings. The van der Waals surface area contributed by atoms with Crippen LogP contribution in [0.25, 0.3) is 0 Å². The normalized spacial score (nSPS) is 23.1. The van der Waals surface area contributed by atoms with Crippen LogP contribution in [0.2, 0.25) is 0 Å². The van der Waals surface area contributed by atoms with Crippen molar-refractivity contribution in [2.45, 2.75) is 93.7 Å². The van der Waals surface area contributed by atoms with Crippen molar-refractivity contribution in [3.63, 3.8) is 0 Å². The third kappa shape index (κ3) is 3.83. The number of nitrogens with zero attached hydrogens (tertiary/aromatic N) is 6. The number of piperidine rings is 1. The monoisotopic (exact) mass is 467 g/mol. The average Bonchev–Trinajstić information content (AvgIpc) is 3.12. The van der Waals surface area contributed by atoms with Gasteiger partial charge in [-0.15, -0.1) is 0 Å². The maximum atomic E-state index is 13.3. The molecule has 1 saturated heterocycles. The highest BCUT2D eigenvalue weighted by Gasteiger charge is 2.61. The first kappa shape index (κ1) is 21.4. The summed E-state index contributed by atoms with van der Waals surface area (Å²) >= 11 is 1.80. The van der Waals surface area contributed by atoms with Crippen LogP contribution in [0.3, 0.4) is 0 Å². The second-order valence-corrected chi connectivity index (χ2v) is 11.5. The molecule has 6 rings (SSSR count). The first-order chi connectivity index (χ1) is 16.0. The lowest BCUT2D eigenvalue weighted by Crippen LogP contribution is -2.39. The Balaban J connectivity index is 1.10. The Morgan fingerprint density at radius 3 is 2.55 bits per heavy atom. The predicted molar refractivity (Wildman–Crippen MR) is 129 cm³/mol. The van der Waals surface area contributed by atoms with Gasteiger partial charge in [-0.3, -0.25) is 14.4 Å². The molecule has 0 atom stereocenters. The van der Waals surface area contributed by atoms with Crippen molar-refractivity contribution in [1.29, 1.82) is 0 Å². The quantitative estimate of drug-likeness (QED) is 0.639. The van der Waals surface area contributed by atoms with E-state index in [1.165, 1.54) is 17.7 Å². The number of hydrogen-bond acceptors (Lipinski definition) is 7. The van der Waals surface area contributed by atoms with E-state index in [4.69, 9.17) is 4.98 Å². The van der Waals surface area contributed by atoms with E-state index in [9.17, 15) is 4.79 Å². The Kier molecular flexibility index (Phi) is 5.36. The van der Waals surface area contributed by atoms with Crippen molar-refractivity contribution in [3.05, 3.63) is 24.2 Å². The highest BCUT2D eigenvalue weighted by molar-refractivity contribution is 7.97. The molecule has 1 amide bonds. The lowest BCUT2D eigenvalue weighted by molar-refractivity contribution is -0.120. The van der Waals surface area contributed by atoms with Crippen LogP contribution >= 0.6 is 11.9 Å². The molecular weight excluding hydrogens is 434 g/mol. The van der Waals surface area contributed by atoms with E-state index in [0.29, 0.717) is 24.1 Å². The second-order valence-electron chi connectivity index (χ2n) is 10.3. The van der Waals surface area contributed by atoms with Gasteiger partial charge in [0.2, 0.25) is 11.9 Å². The lowest BCUT2D eigenvalue weighted by atomic mass is 10.0. The summed E-state index contributed by atoms with van der Waals surface area (Å²) in [5.41, 5.74) is 0.765. The van der Waals surface area contributed by atoms with Crippen molar-refractivity contribution in [1.82, 2.24) is 24.1 Å². The van der Waals surface area contributed by atoms with Crippen molar-refractivity contribution in [2.75, 3.05) is 23.3 Å². The molecule has 1 spiro atoms. The first-order valence-electron chi connectivity index (χ1n) is 12.5. The third-order valence-electron chi connectivity index (χ3n) is 7.71. The molecule has 3 fully saturated rings. The van der Waals surface area contributed by atoms with E-state index < -0.39 is 0 Å². The molecule has 0 unspecified atom stereocenters. The van der Waals surface area contributed by atoms with Crippen LogP contribution in [-0.4, -0.2) is 55.1 Å². The number of carbonyl (C=O) groups is 1. The molecule has 2 saturated carbocycles. The minimum Gasteiger partial charge on any atom is -0.351 e. The summed E-state index contributed by atoms with van der Waals surface area (Å²) in [6, 6.07) is 1.06. The topological polar surface area (TPSA) is 79.2 Å². The van der Waals surface area contributed by atoms with E-state index in [0.717, 1.165) is 63.0 Å². The number of aromatic nitrogens is 4.